The third-order valence-electron chi connectivity index (χ3n) is 5.27. The van der Waals surface area contributed by atoms with E-state index in [4.69, 9.17) is 10.5 Å². The topological polar surface area (TPSA) is 35.2 Å². The summed E-state index contributed by atoms with van der Waals surface area (Å²) in [6, 6.07) is 0.198. The first-order chi connectivity index (χ1) is 8.39. The molecule has 1 fully saturated rings. The van der Waals surface area contributed by atoms with Crippen molar-refractivity contribution in [2.75, 3.05) is 7.11 Å². The fraction of sp³-hybridized carbons (Fsp3) is 1.00. The molecule has 18 heavy (non-hydrogen) atoms. The van der Waals surface area contributed by atoms with Gasteiger partial charge in [-0.2, -0.15) is 0 Å². The zero-order valence-corrected chi connectivity index (χ0v) is 13.1. The van der Waals surface area contributed by atoms with Crippen molar-refractivity contribution in [2.45, 2.75) is 84.3 Å². The minimum atomic E-state index is -0.0574. The van der Waals surface area contributed by atoms with Crippen LogP contribution >= 0.6 is 0 Å². The van der Waals surface area contributed by atoms with Gasteiger partial charge in [0.1, 0.15) is 0 Å². The molecule has 1 atom stereocenters. The van der Waals surface area contributed by atoms with E-state index in [9.17, 15) is 0 Å². The van der Waals surface area contributed by atoms with Gasteiger partial charge in [0.15, 0.2) is 0 Å². The van der Waals surface area contributed by atoms with E-state index in [-0.39, 0.29) is 11.6 Å². The second-order valence-corrected chi connectivity index (χ2v) is 6.96. The molecule has 1 aliphatic carbocycles. The van der Waals surface area contributed by atoms with Gasteiger partial charge in [-0.3, -0.25) is 0 Å². The van der Waals surface area contributed by atoms with E-state index in [2.05, 4.69) is 27.7 Å². The highest BCUT2D eigenvalue weighted by Gasteiger charge is 2.43. The highest BCUT2D eigenvalue weighted by atomic mass is 16.5. The first-order valence-corrected chi connectivity index (χ1v) is 7.70. The molecule has 1 unspecified atom stereocenters. The molecular formula is C16H33NO. The van der Waals surface area contributed by atoms with Gasteiger partial charge < -0.3 is 10.5 Å². The van der Waals surface area contributed by atoms with Crippen LogP contribution in [0.1, 0.15) is 72.6 Å². The fourth-order valence-electron chi connectivity index (χ4n) is 3.27. The Balaban J connectivity index is 2.65. The van der Waals surface area contributed by atoms with Gasteiger partial charge >= 0.3 is 0 Å². The Hall–Kier alpha value is -0.0800. The second kappa shape index (κ2) is 6.38. The lowest BCUT2D eigenvalue weighted by Crippen LogP contribution is -2.53. The van der Waals surface area contributed by atoms with Crippen LogP contribution in [0.2, 0.25) is 0 Å². The number of nitrogens with two attached hydrogens (primary N) is 1. The van der Waals surface area contributed by atoms with Crippen LogP contribution in [0, 0.1) is 11.3 Å². The molecule has 0 saturated heterocycles. The van der Waals surface area contributed by atoms with Crippen LogP contribution in [0.3, 0.4) is 0 Å². The highest BCUT2D eigenvalue weighted by molar-refractivity contribution is 4.97. The van der Waals surface area contributed by atoms with Crippen molar-refractivity contribution >= 4 is 0 Å². The Morgan fingerprint density at radius 2 is 1.56 bits per heavy atom. The zero-order valence-electron chi connectivity index (χ0n) is 13.1. The number of rotatable bonds is 6. The third-order valence-corrected chi connectivity index (χ3v) is 5.27. The summed E-state index contributed by atoms with van der Waals surface area (Å²) in [6.07, 6.45) is 8.29. The van der Waals surface area contributed by atoms with E-state index in [1.54, 1.807) is 0 Å². The lowest BCUT2D eigenvalue weighted by Gasteiger charge is -2.46. The molecule has 0 aromatic rings. The maximum absolute atomic E-state index is 6.51. The van der Waals surface area contributed by atoms with E-state index in [0.29, 0.717) is 5.41 Å². The highest BCUT2D eigenvalue weighted by Crippen LogP contribution is 2.44. The molecular weight excluding hydrogens is 222 g/mol. The Morgan fingerprint density at radius 1 is 1.06 bits per heavy atom. The second-order valence-electron chi connectivity index (χ2n) is 6.96. The average molecular weight is 255 g/mol. The van der Waals surface area contributed by atoms with Crippen molar-refractivity contribution in [3.63, 3.8) is 0 Å². The lowest BCUT2D eigenvalue weighted by molar-refractivity contribution is -0.0824. The molecule has 0 heterocycles. The normalized spacial score (nSPS) is 24.2. The third kappa shape index (κ3) is 3.71. The van der Waals surface area contributed by atoms with E-state index < -0.39 is 0 Å². The van der Waals surface area contributed by atoms with Gasteiger partial charge in [0, 0.05) is 13.2 Å². The van der Waals surface area contributed by atoms with Gasteiger partial charge in [0.05, 0.1) is 5.60 Å². The van der Waals surface area contributed by atoms with Gasteiger partial charge in [-0.1, -0.05) is 40.5 Å². The van der Waals surface area contributed by atoms with E-state index in [0.717, 1.165) is 25.2 Å². The predicted molar refractivity (Wildman–Crippen MR) is 78.7 cm³/mol. The molecule has 0 amide bonds. The summed E-state index contributed by atoms with van der Waals surface area (Å²) < 4.78 is 5.90. The predicted octanol–water partition coefficient (Wildman–Crippen LogP) is 4.13. The van der Waals surface area contributed by atoms with Gasteiger partial charge in [-0.25, -0.2) is 0 Å². The summed E-state index contributed by atoms with van der Waals surface area (Å²) in [6.45, 7) is 9.26. The first kappa shape index (κ1) is 16.0. The van der Waals surface area contributed by atoms with Crippen LogP contribution in [0.4, 0.5) is 0 Å². The van der Waals surface area contributed by atoms with Crippen LogP contribution in [0.15, 0.2) is 0 Å². The minimum absolute atomic E-state index is 0.0574. The summed E-state index contributed by atoms with van der Waals surface area (Å²) >= 11 is 0. The van der Waals surface area contributed by atoms with Crippen LogP contribution in [-0.2, 0) is 4.74 Å². The number of hydrogen-bond donors (Lipinski definition) is 1. The zero-order chi connectivity index (χ0) is 13.8. The maximum atomic E-state index is 6.51. The van der Waals surface area contributed by atoms with Crippen LogP contribution in [-0.4, -0.2) is 18.8 Å². The quantitative estimate of drug-likeness (QED) is 0.774. The molecule has 1 rings (SSSR count). The summed E-state index contributed by atoms with van der Waals surface area (Å²) in [7, 11) is 1.85. The van der Waals surface area contributed by atoms with Crippen molar-refractivity contribution in [1.82, 2.24) is 0 Å². The van der Waals surface area contributed by atoms with Crippen LogP contribution in [0.5, 0.6) is 0 Å². The van der Waals surface area contributed by atoms with Crippen LogP contribution < -0.4 is 5.73 Å². The van der Waals surface area contributed by atoms with E-state index in [1.807, 2.05) is 7.11 Å². The SMILES string of the molecule is CCC(CC)CC(N)C1(OC)CCC(C)(C)CC1. The Kier molecular flexibility index (Phi) is 5.67. The van der Waals surface area contributed by atoms with Gasteiger partial charge in [-0.05, 0) is 43.4 Å². The van der Waals surface area contributed by atoms with Crippen molar-refractivity contribution in [1.29, 1.82) is 0 Å². The summed E-state index contributed by atoms with van der Waals surface area (Å²) in [5.41, 5.74) is 6.92. The molecule has 0 bridgehead atoms. The molecule has 2 N–H and O–H groups in total. The molecule has 2 nitrogen and oxygen atoms in total. The summed E-state index contributed by atoms with van der Waals surface area (Å²) in [5.74, 6) is 0.752. The van der Waals surface area contributed by atoms with E-state index in [1.165, 1.54) is 25.7 Å². The standard InChI is InChI=1S/C16H33NO/c1-6-13(7-2)12-14(17)16(18-5)10-8-15(3,4)9-11-16/h13-14H,6-12,17H2,1-5H3. The molecule has 0 radical (unpaired) electrons. The molecule has 0 aliphatic heterocycles. The maximum Gasteiger partial charge on any atom is 0.0829 e. The molecule has 108 valence electrons. The lowest BCUT2D eigenvalue weighted by atomic mass is 9.67. The monoisotopic (exact) mass is 255 g/mol. The largest absolute Gasteiger partial charge is 0.377 e. The minimum Gasteiger partial charge on any atom is -0.377 e. The fourth-order valence-corrected chi connectivity index (χ4v) is 3.27. The smallest absolute Gasteiger partial charge is 0.0829 e. The van der Waals surface area contributed by atoms with E-state index >= 15 is 0 Å². The molecule has 0 spiro atoms. The van der Waals surface area contributed by atoms with Gasteiger partial charge in [-0.15, -0.1) is 0 Å². The molecule has 0 aromatic heterocycles. The van der Waals surface area contributed by atoms with Crippen molar-refractivity contribution in [3.05, 3.63) is 0 Å². The van der Waals surface area contributed by atoms with Crippen molar-refractivity contribution in [2.24, 2.45) is 17.1 Å². The van der Waals surface area contributed by atoms with Gasteiger partial charge in [0.2, 0.25) is 0 Å². The number of hydrogen-bond acceptors (Lipinski definition) is 2. The first-order valence-electron chi connectivity index (χ1n) is 7.70. The Bertz CT molecular complexity index is 235. The molecule has 1 aliphatic rings. The molecule has 2 heteroatoms. The van der Waals surface area contributed by atoms with Crippen LogP contribution in [0.25, 0.3) is 0 Å². The Labute approximate surface area is 114 Å². The average Bonchev–Trinajstić information content (AvgIpc) is 2.36. The summed E-state index contributed by atoms with van der Waals surface area (Å²) in [5, 5.41) is 0. The summed E-state index contributed by atoms with van der Waals surface area (Å²) in [4.78, 5) is 0. The molecule has 0 aromatic carbocycles. The number of methoxy groups -OCH3 is 1. The number of ether oxygens (including phenoxy) is 1. The Morgan fingerprint density at radius 3 is 1.94 bits per heavy atom. The van der Waals surface area contributed by atoms with Crippen molar-refractivity contribution in [3.8, 4) is 0 Å². The van der Waals surface area contributed by atoms with Crippen molar-refractivity contribution < 1.29 is 4.74 Å². The van der Waals surface area contributed by atoms with Gasteiger partial charge in [0.25, 0.3) is 0 Å². The molecule has 1 saturated carbocycles.